The zero-order chi connectivity index (χ0) is 13.1. The Morgan fingerprint density at radius 3 is 2.76 bits per heavy atom. The Labute approximate surface area is 101 Å². The minimum atomic E-state index is -0.930. The maximum atomic E-state index is 11.1. The van der Waals surface area contributed by atoms with Crippen molar-refractivity contribution < 1.29 is 14.6 Å². The molecule has 0 atom stereocenters. The molecule has 0 saturated carbocycles. The monoisotopic (exact) mass is 238 g/mol. The van der Waals surface area contributed by atoms with Crippen molar-refractivity contribution in [3.8, 4) is 5.88 Å². The molecule has 17 heavy (non-hydrogen) atoms. The van der Waals surface area contributed by atoms with Gasteiger partial charge >= 0.3 is 5.97 Å². The number of pyridine rings is 1. The Balaban J connectivity index is 2.88. The summed E-state index contributed by atoms with van der Waals surface area (Å²) in [5, 5.41) is 9.13. The van der Waals surface area contributed by atoms with Crippen LogP contribution in [0.5, 0.6) is 5.88 Å². The van der Waals surface area contributed by atoms with Gasteiger partial charge in [-0.2, -0.15) is 0 Å². The molecule has 0 aliphatic heterocycles. The SMILES string of the molecule is COc1ncccc1CN(C)C(C)(C)C(=O)O. The van der Waals surface area contributed by atoms with E-state index in [1.54, 1.807) is 45.2 Å². The molecule has 1 N–H and O–H groups in total. The first-order valence-corrected chi connectivity index (χ1v) is 5.32. The highest BCUT2D eigenvalue weighted by Crippen LogP contribution is 2.20. The van der Waals surface area contributed by atoms with Crippen LogP contribution in [0, 0.1) is 0 Å². The molecule has 0 unspecified atom stereocenters. The third-order valence-electron chi connectivity index (χ3n) is 2.93. The summed E-state index contributed by atoms with van der Waals surface area (Å²) in [5.41, 5.74) is -0.0623. The lowest BCUT2D eigenvalue weighted by Crippen LogP contribution is -2.47. The molecule has 0 fully saturated rings. The molecular formula is C12H18N2O3. The summed E-state index contributed by atoms with van der Waals surface area (Å²) in [4.78, 5) is 16.9. The van der Waals surface area contributed by atoms with Crippen LogP contribution in [0.25, 0.3) is 0 Å². The first kappa shape index (κ1) is 13.4. The number of carboxylic acid groups (broad SMARTS) is 1. The van der Waals surface area contributed by atoms with E-state index in [9.17, 15) is 4.79 Å². The van der Waals surface area contributed by atoms with E-state index in [4.69, 9.17) is 9.84 Å². The first-order valence-electron chi connectivity index (χ1n) is 5.32. The largest absolute Gasteiger partial charge is 0.481 e. The van der Waals surface area contributed by atoms with E-state index >= 15 is 0 Å². The van der Waals surface area contributed by atoms with Crippen molar-refractivity contribution in [2.75, 3.05) is 14.2 Å². The maximum absolute atomic E-state index is 11.1. The number of carbonyl (C=O) groups is 1. The average molecular weight is 238 g/mol. The molecular weight excluding hydrogens is 220 g/mol. The van der Waals surface area contributed by atoms with Gasteiger partial charge in [-0.05, 0) is 27.0 Å². The minimum absolute atomic E-state index is 0.469. The lowest BCUT2D eigenvalue weighted by atomic mass is 10.0. The third kappa shape index (κ3) is 2.94. The van der Waals surface area contributed by atoms with Crippen LogP contribution in [0.15, 0.2) is 18.3 Å². The highest BCUT2D eigenvalue weighted by Gasteiger charge is 2.32. The zero-order valence-electron chi connectivity index (χ0n) is 10.6. The maximum Gasteiger partial charge on any atom is 0.323 e. The van der Waals surface area contributed by atoms with Crippen molar-refractivity contribution in [1.82, 2.24) is 9.88 Å². The van der Waals surface area contributed by atoms with Crippen LogP contribution >= 0.6 is 0 Å². The molecule has 0 aliphatic carbocycles. The predicted octanol–water partition coefficient (Wildman–Crippen LogP) is 1.39. The summed E-state index contributed by atoms with van der Waals surface area (Å²) >= 11 is 0. The average Bonchev–Trinajstić information content (AvgIpc) is 2.29. The van der Waals surface area contributed by atoms with E-state index in [2.05, 4.69) is 4.98 Å². The molecule has 5 nitrogen and oxygen atoms in total. The van der Waals surface area contributed by atoms with Crippen molar-refractivity contribution in [1.29, 1.82) is 0 Å². The van der Waals surface area contributed by atoms with E-state index in [-0.39, 0.29) is 0 Å². The third-order valence-corrected chi connectivity index (χ3v) is 2.93. The van der Waals surface area contributed by atoms with Crippen LogP contribution in [0.4, 0.5) is 0 Å². The lowest BCUT2D eigenvalue weighted by molar-refractivity contribution is -0.148. The molecule has 94 valence electrons. The van der Waals surface area contributed by atoms with Crippen molar-refractivity contribution in [2.24, 2.45) is 0 Å². The topological polar surface area (TPSA) is 62.7 Å². The van der Waals surface area contributed by atoms with Gasteiger partial charge in [0.1, 0.15) is 5.54 Å². The Kier molecular flexibility index (Phi) is 4.07. The number of ether oxygens (including phenoxy) is 1. The van der Waals surface area contributed by atoms with Gasteiger partial charge in [-0.25, -0.2) is 4.98 Å². The molecule has 1 aromatic rings. The van der Waals surface area contributed by atoms with Gasteiger partial charge in [0.2, 0.25) is 5.88 Å². The van der Waals surface area contributed by atoms with Gasteiger partial charge in [0.25, 0.3) is 0 Å². The van der Waals surface area contributed by atoms with Crippen LogP contribution in [-0.4, -0.2) is 40.7 Å². The van der Waals surface area contributed by atoms with Crippen LogP contribution in [0.3, 0.4) is 0 Å². The molecule has 0 amide bonds. The van der Waals surface area contributed by atoms with Gasteiger partial charge in [0.15, 0.2) is 0 Å². The highest BCUT2D eigenvalue weighted by atomic mass is 16.5. The zero-order valence-corrected chi connectivity index (χ0v) is 10.6. The normalized spacial score (nSPS) is 11.6. The fourth-order valence-electron chi connectivity index (χ4n) is 1.34. The van der Waals surface area contributed by atoms with E-state index in [1.807, 2.05) is 6.07 Å². The molecule has 0 spiro atoms. The number of likely N-dealkylation sites (N-methyl/N-ethyl adjacent to an activating group) is 1. The molecule has 0 aromatic carbocycles. The number of hydrogen-bond donors (Lipinski definition) is 1. The van der Waals surface area contributed by atoms with Crippen molar-refractivity contribution in [2.45, 2.75) is 25.9 Å². The van der Waals surface area contributed by atoms with E-state index < -0.39 is 11.5 Å². The van der Waals surface area contributed by atoms with Gasteiger partial charge in [-0.3, -0.25) is 9.69 Å². The summed E-state index contributed by atoms with van der Waals surface area (Å²) in [5.74, 6) is -0.330. The molecule has 0 saturated heterocycles. The fraction of sp³-hybridized carbons (Fsp3) is 0.500. The number of rotatable bonds is 5. The van der Waals surface area contributed by atoms with Crippen LogP contribution in [0.2, 0.25) is 0 Å². The second-order valence-corrected chi connectivity index (χ2v) is 4.39. The first-order chi connectivity index (χ1) is 7.89. The van der Waals surface area contributed by atoms with Crippen LogP contribution in [-0.2, 0) is 11.3 Å². The summed E-state index contributed by atoms with van der Waals surface area (Å²) in [6.45, 7) is 3.80. The smallest absolute Gasteiger partial charge is 0.323 e. The highest BCUT2D eigenvalue weighted by molar-refractivity contribution is 5.77. The molecule has 1 heterocycles. The van der Waals surface area contributed by atoms with E-state index in [1.165, 1.54) is 0 Å². The Hall–Kier alpha value is -1.62. The number of methoxy groups -OCH3 is 1. The molecule has 5 heteroatoms. The standard InChI is InChI=1S/C12H18N2O3/c1-12(2,11(15)16)14(3)8-9-6-5-7-13-10(9)17-4/h5-7H,8H2,1-4H3,(H,15,16). The molecule has 1 aromatic heterocycles. The summed E-state index contributed by atoms with van der Waals surface area (Å²) < 4.78 is 5.13. The van der Waals surface area contributed by atoms with E-state index in [0.717, 1.165) is 5.56 Å². The van der Waals surface area contributed by atoms with Gasteiger partial charge < -0.3 is 9.84 Å². The molecule has 0 bridgehead atoms. The van der Waals surface area contributed by atoms with Gasteiger partial charge in [-0.15, -0.1) is 0 Å². The number of nitrogens with zero attached hydrogens (tertiary/aromatic N) is 2. The second kappa shape index (κ2) is 5.14. The second-order valence-electron chi connectivity index (χ2n) is 4.39. The Morgan fingerprint density at radius 1 is 1.59 bits per heavy atom. The van der Waals surface area contributed by atoms with Gasteiger partial charge in [0, 0.05) is 18.3 Å². The molecule has 0 aliphatic rings. The fourth-order valence-corrected chi connectivity index (χ4v) is 1.34. The quantitative estimate of drug-likeness (QED) is 0.839. The summed E-state index contributed by atoms with van der Waals surface area (Å²) in [7, 11) is 3.31. The minimum Gasteiger partial charge on any atom is -0.481 e. The van der Waals surface area contributed by atoms with Crippen LogP contribution in [0.1, 0.15) is 19.4 Å². The predicted molar refractivity (Wildman–Crippen MR) is 64.0 cm³/mol. The lowest BCUT2D eigenvalue weighted by Gasteiger charge is -2.31. The van der Waals surface area contributed by atoms with Gasteiger partial charge in [0.05, 0.1) is 7.11 Å². The molecule has 1 rings (SSSR count). The Bertz CT molecular complexity index is 404. The number of carboxylic acids is 1. The van der Waals surface area contributed by atoms with Crippen molar-refractivity contribution in [3.63, 3.8) is 0 Å². The summed E-state index contributed by atoms with van der Waals surface area (Å²) in [6.07, 6.45) is 1.64. The van der Waals surface area contributed by atoms with E-state index in [0.29, 0.717) is 12.4 Å². The number of hydrogen-bond acceptors (Lipinski definition) is 4. The van der Waals surface area contributed by atoms with Crippen LogP contribution < -0.4 is 4.74 Å². The van der Waals surface area contributed by atoms with Gasteiger partial charge in [-0.1, -0.05) is 6.07 Å². The Morgan fingerprint density at radius 2 is 2.24 bits per heavy atom. The number of aromatic nitrogens is 1. The van der Waals surface area contributed by atoms with Crippen molar-refractivity contribution in [3.05, 3.63) is 23.9 Å². The summed E-state index contributed by atoms with van der Waals surface area (Å²) in [6, 6.07) is 3.68. The van der Waals surface area contributed by atoms with Crippen molar-refractivity contribution >= 4 is 5.97 Å². The number of aliphatic carboxylic acids is 1. The molecule has 0 radical (unpaired) electrons.